The summed E-state index contributed by atoms with van der Waals surface area (Å²) in [7, 11) is 0. The molecule has 0 spiro atoms. The van der Waals surface area contributed by atoms with Crippen molar-refractivity contribution in [2.24, 2.45) is 0 Å². The van der Waals surface area contributed by atoms with Crippen LogP contribution in [-0.4, -0.2) is 29.0 Å². The van der Waals surface area contributed by atoms with Crippen molar-refractivity contribution in [3.05, 3.63) is 35.4 Å². The smallest absolute Gasteiger partial charge is 0.257 e. The molecule has 1 amide bonds. The maximum Gasteiger partial charge on any atom is 0.257 e. The molecule has 2 rings (SSSR count). The molecule has 1 saturated heterocycles. The van der Waals surface area contributed by atoms with Crippen LogP contribution in [0.25, 0.3) is 0 Å². The van der Waals surface area contributed by atoms with Crippen molar-refractivity contribution in [2.75, 3.05) is 13.1 Å². The lowest BCUT2D eigenvalue weighted by molar-refractivity contribution is 0.0973. The van der Waals surface area contributed by atoms with Crippen molar-refractivity contribution in [2.45, 2.75) is 45.4 Å². The highest BCUT2D eigenvalue weighted by Crippen LogP contribution is 2.15. The second kappa shape index (κ2) is 7.55. The molecule has 3 nitrogen and oxygen atoms in total. The SMILES string of the molecule is CC(C)c1ccc(C(=O)NC(=S)N2CCCCCC2)cc1. The van der Waals surface area contributed by atoms with Crippen molar-refractivity contribution in [3.8, 4) is 0 Å². The van der Waals surface area contributed by atoms with Gasteiger partial charge in [-0.2, -0.15) is 0 Å². The predicted molar refractivity (Wildman–Crippen MR) is 90.6 cm³/mol. The summed E-state index contributed by atoms with van der Waals surface area (Å²) in [6.45, 7) is 6.18. The molecule has 1 aliphatic rings. The monoisotopic (exact) mass is 304 g/mol. The Hall–Kier alpha value is -1.42. The molecule has 1 N–H and O–H groups in total. The Morgan fingerprint density at radius 1 is 1.10 bits per heavy atom. The highest BCUT2D eigenvalue weighted by Gasteiger charge is 2.15. The maximum absolute atomic E-state index is 12.2. The van der Waals surface area contributed by atoms with Gasteiger partial charge in [0.05, 0.1) is 0 Å². The number of likely N-dealkylation sites (tertiary alicyclic amines) is 1. The van der Waals surface area contributed by atoms with Gasteiger partial charge in [-0.25, -0.2) is 0 Å². The van der Waals surface area contributed by atoms with E-state index in [1.54, 1.807) is 0 Å². The first-order chi connectivity index (χ1) is 10.1. The molecule has 4 heteroatoms. The summed E-state index contributed by atoms with van der Waals surface area (Å²) in [4.78, 5) is 14.4. The maximum atomic E-state index is 12.2. The van der Waals surface area contributed by atoms with Crippen LogP contribution in [0.5, 0.6) is 0 Å². The summed E-state index contributed by atoms with van der Waals surface area (Å²) < 4.78 is 0. The quantitative estimate of drug-likeness (QED) is 0.846. The van der Waals surface area contributed by atoms with E-state index < -0.39 is 0 Å². The summed E-state index contributed by atoms with van der Waals surface area (Å²) in [5, 5.41) is 3.43. The zero-order chi connectivity index (χ0) is 15.2. The summed E-state index contributed by atoms with van der Waals surface area (Å²) in [6.07, 6.45) is 4.81. The van der Waals surface area contributed by atoms with Crippen LogP contribution in [0.1, 0.15) is 61.4 Å². The fourth-order valence-corrected chi connectivity index (χ4v) is 2.82. The number of nitrogens with one attached hydrogen (secondary N) is 1. The molecule has 1 fully saturated rings. The molecule has 1 aliphatic heterocycles. The minimum Gasteiger partial charge on any atom is -0.349 e. The van der Waals surface area contributed by atoms with Gasteiger partial charge in [0, 0.05) is 18.7 Å². The van der Waals surface area contributed by atoms with E-state index in [1.807, 2.05) is 24.3 Å². The van der Waals surface area contributed by atoms with Gasteiger partial charge in [0.1, 0.15) is 0 Å². The molecule has 0 bridgehead atoms. The Bertz CT molecular complexity index is 488. The van der Waals surface area contributed by atoms with Crippen molar-refractivity contribution in [1.29, 1.82) is 0 Å². The molecule has 0 radical (unpaired) electrons. The van der Waals surface area contributed by atoms with Crippen LogP contribution in [-0.2, 0) is 0 Å². The van der Waals surface area contributed by atoms with Gasteiger partial charge in [-0.15, -0.1) is 0 Å². The van der Waals surface area contributed by atoms with Crippen LogP contribution in [0.2, 0.25) is 0 Å². The zero-order valence-corrected chi connectivity index (χ0v) is 13.7. The molecule has 114 valence electrons. The van der Waals surface area contributed by atoms with Gasteiger partial charge in [-0.3, -0.25) is 10.1 Å². The standard InChI is InChI=1S/C17H24N2OS/c1-13(2)14-7-9-15(10-8-14)16(20)18-17(21)19-11-5-3-4-6-12-19/h7-10,13H,3-6,11-12H2,1-2H3,(H,18,20,21). The van der Waals surface area contributed by atoms with Crippen molar-refractivity contribution in [3.63, 3.8) is 0 Å². The highest BCUT2D eigenvalue weighted by atomic mass is 32.1. The highest BCUT2D eigenvalue weighted by molar-refractivity contribution is 7.80. The van der Waals surface area contributed by atoms with Crippen LogP contribution >= 0.6 is 12.2 Å². The summed E-state index contributed by atoms with van der Waals surface area (Å²) >= 11 is 5.37. The number of thiocarbonyl (C=S) groups is 1. The van der Waals surface area contributed by atoms with Crippen molar-refractivity contribution in [1.82, 2.24) is 10.2 Å². The first-order valence-corrected chi connectivity index (χ1v) is 8.19. The molecule has 21 heavy (non-hydrogen) atoms. The molecular weight excluding hydrogens is 280 g/mol. The Kier molecular flexibility index (Phi) is 5.74. The second-order valence-electron chi connectivity index (χ2n) is 5.94. The Labute approximate surface area is 132 Å². The van der Waals surface area contributed by atoms with Crippen molar-refractivity contribution < 1.29 is 4.79 Å². The average molecular weight is 304 g/mol. The summed E-state index contributed by atoms with van der Waals surface area (Å²) in [6, 6.07) is 7.76. The molecule has 0 saturated carbocycles. The Morgan fingerprint density at radius 2 is 1.67 bits per heavy atom. The van der Waals surface area contributed by atoms with E-state index in [2.05, 4.69) is 24.1 Å². The van der Waals surface area contributed by atoms with Gasteiger partial charge in [0.15, 0.2) is 5.11 Å². The number of amides is 1. The molecule has 0 aromatic heterocycles. The van der Waals surface area contributed by atoms with E-state index in [1.165, 1.54) is 18.4 Å². The third-order valence-corrected chi connectivity index (χ3v) is 4.31. The van der Waals surface area contributed by atoms with Gasteiger partial charge >= 0.3 is 0 Å². The lowest BCUT2D eigenvalue weighted by atomic mass is 10.0. The molecule has 1 aromatic rings. The van der Waals surface area contributed by atoms with Crippen LogP contribution in [0.4, 0.5) is 0 Å². The van der Waals surface area contributed by atoms with E-state index in [0.717, 1.165) is 25.9 Å². The number of hydrogen-bond donors (Lipinski definition) is 1. The van der Waals surface area contributed by atoms with Gasteiger partial charge in [-0.1, -0.05) is 38.8 Å². The number of hydrogen-bond acceptors (Lipinski definition) is 2. The third-order valence-electron chi connectivity index (χ3n) is 3.95. The molecule has 0 unspecified atom stereocenters. The lowest BCUT2D eigenvalue weighted by Gasteiger charge is -2.23. The van der Waals surface area contributed by atoms with Gasteiger partial charge in [-0.05, 0) is 48.7 Å². The summed E-state index contributed by atoms with van der Waals surface area (Å²) in [5.74, 6) is 0.361. The van der Waals surface area contributed by atoms with Gasteiger partial charge < -0.3 is 4.90 Å². The number of rotatable bonds is 2. The first kappa shape index (κ1) is 16.0. The molecular formula is C17H24N2OS. The number of carbonyl (C=O) groups excluding carboxylic acids is 1. The molecule has 0 aliphatic carbocycles. The fraction of sp³-hybridized carbons (Fsp3) is 0.529. The largest absolute Gasteiger partial charge is 0.349 e. The van der Waals surface area contributed by atoms with Crippen LogP contribution in [0.15, 0.2) is 24.3 Å². The fourth-order valence-electron chi connectivity index (χ4n) is 2.54. The van der Waals surface area contributed by atoms with Crippen molar-refractivity contribution >= 4 is 23.2 Å². The van der Waals surface area contributed by atoms with Crippen LogP contribution in [0, 0.1) is 0 Å². The second-order valence-corrected chi connectivity index (χ2v) is 6.32. The van der Waals surface area contributed by atoms with E-state index in [4.69, 9.17) is 12.2 Å². The van der Waals surface area contributed by atoms with Gasteiger partial charge in [0.25, 0.3) is 5.91 Å². The Balaban J connectivity index is 1.95. The normalized spacial score (nSPS) is 15.7. The third kappa shape index (κ3) is 4.53. The van der Waals surface area contributed by atoms with Crippen LogP contribution < -0.4 is 5.32 Å². The van der Waals surface area contributed by atoms with E-state index in [0.29, 0.717) is 16.6 Å². The van der Waals surface area contributed by atoms with Gasteiger partial charge in [0.2, 0.25) is 0 Å². The zero-order valence-electron chi connectivity index (χ0n) is 12.9. The van der Waals surface area contributed by atoms with E-state index in [-0.39, 0.29) is 5.91 Å². The minimum absolute atomic E-state index is 0.112. The van der Waals surface area contributed by atoms with Crippen LogP contribution in [0.3, 0.4) is 0 Å². The average Bonchev–Trinajstić information content (AvgIpc) is 2.76. The Morgan fingerprint density at radius 3 is 2.19 bits per heavy atom. The minimum atomic E-state index is -0.112. The number of carbonyl (C=O) groups is 1. The lowest BCUT2D eigenvalue weighted by Crippen LogP contribution is -2.43. The number of nitrogens with zero attached hydrogens (tertiary/aromatic N) is 1. The van der Waals surface area contributed by atoms with E-state index in [9.17, 15) is 4.79 Å². The molecule has 0 atom stereocenters. The first-order valence-electron chi connectivity index (χ1n) is 7.78. The topological polar surface area (TPSA) is 32.3 Å². The molecule has 1 aromatic carbocycles. The molecule has 1 heterocycles. The van der Waals surface area contributed by atoms with E-state index >= 15 is 0 Å². The summed E-state index contributed by atoms with van der Waals surface area (Å²) in [5.41, 5.74) is 1.90. The number of benzene rings is 1. The predicted octanol–water partition coefficient (Wildman–Crippen LogP) is 3.70.